The first kappa shape index (κ1) is 9.93. The van der Waals surface area contributed by atoms with E-state index < -0.39 is 5.60 Å². The van der Waals surface area contributed by atoms with Crippen LogP contribution in [0.3, 0.4) is 0 Å². The summed E-state index contributed by atoms with van der Waals surface area (Å²) in [6.45, 7) is 2.91. The number of rotatable bonds is 2. The first-order valence-corrected chi connectivity index (χ1v) is 4.83. The molecule has 1 aromatic carbocycles. The number of aromatic amines is 1. The first-order valence-electron chi connectivity index (χ1n) is 4.83. The lowest BCUT2D eigenvalue weighted by Gasteiger charge is -2.18. The van der Waals surface area contributed by atoms with Crippen molar-refractivity contribution in [3.05, 3.63) is 36.0 Å². The van der Waals surface area contributed by atoms with Crippen LogP contribution in [0.2, 0.25) is 0 Å². The molecule has 3 heteroatoms. The summed E-state index contributed by atoms with van der Waals surface area (Å²) in [6, 6.07) is 7.59. The Morgan fingerprint density at radius 3 is 2.73 bits per heavy atom. The Labute approximate surface area is 87.7 Å². The lowest BCUT2D eigenvalue weighted by atomic mass is 9.92. The van der Waals surface area contributed by atoms with Crippen LogP contribution < -0.4 is 0 Å². The van der Waals surface area contributed by atoms with Gasteiger partial charge in [0.1, 0.15) is 5.60 Å². The fourth-order valence-electron chi connectivity index (χ4n) is 1.66. The van der Waals surface area contributed by atoms with Crippen LogP contribution in [-0.4, -0.2) is 15.9 Å². The van der Waals surface area contributed by atoms with Crippen LogP contribution in [0.5, 0.6) is 0 Å². The highest BCUT2D eigenvalue weighted by molar-refractivity contribution is 5.93. The molecule has 2 N–H and O–H groups in total. The van der Waals surface area contributed by atoms with Crippen molar-refractivity contribution in [3.8, 4) is 0 Å². The Balaban J connectivity index is 2.67. The lowest BCUT2D eigenvalue weighted by Crippen LogP contribution is -2.29. The third-order valence-electron chi connectivity index (χ3n) is 2.80. The molecule has 0 fully saturated rings. The number of fused-ring (bicyclic) bond motifs is 1. The molecule has 0 aliphatic rings. The number of aliphatic hydroxyl groups is 1. The molecule has 78 valence electrons. The molecule has 1 unspecified atom stereocenters. The van der Waals surface area contributed by atoms with Crippen molar-refractivity contribution < 1.29 is 9.90 Å². The smallest absolute Gasteiger partial charge is 0.165 e. The number of carbonyl (C=O) groups is 1. The third kappa shape index (κ3) is 1.45. The van der Waals surface area contributed by atoms with Gasteiger partial charge in [0.2, 0.25) is 0 Å². The summed E-state index contributed by atoms with van der Waals surface area (Å²) in [5.41, 5.74) is 0.138. The summed E-state index contributed by atoms with van der Waals surface area (Å²) >= 11 is 0. The van der Waals surface area contributed by atoms with Crippen molar-refractivity contribution in [2.45, 2.75) is 19.4 Å². The van der Waals surface area contributed by atoms with Gasteiger partial charge in [-0.25, -0.2) is 0 Å². The van der Waals surface area contributed by atoms with E-state index in [4.69, 9.17) is 0 Å². The van der Waals surface area contributed by atoms with Gasteiger partial charge in [0.25, 0.3) is 0 Å². The van der Waals surface area contributed by atoms with Crippen molar-refractivity contribution in [1.29, 1.82) is 0 Å². The van der Waals surface area contributed by atoms with Crippen LogP contribution in [0.25, 0.3) is 10.9 Å². The van der Waals surface area contributed by atoms with E-state index in [1.54, 1.807) is 6.20 Å². The number of hydrogen-bond donors (Lipinski definition) is 2. The zero-order chi connectivity index (χ0) is 11.1. The number of Topliss-reactive ketones (excluding diaryl/α,β-unsaturated/α-hetero) is 1. The Morgan fingerprint density at radius 2 is 2.07 bits per heavy atom. The number of aromatic nitrogens is 1. The van der Waals surface area contributed by atoms with Crippen LogP contribution in [0.15, 0.2) is 30.5 Å². The van der Waals surface area contributed by atoms with E-state index >= 15 is 0 Å². The predicted molar refractivity (Wildman–Crippen MR) is 58.6 cm³/mol. The number of H-pyrrole nitrogens is 1. The number of nitrogens with one attached hydrogen (secondary N) is 1. The molecule has 0 saturated carbocycles. The van der Waals surface area contributed by atoms with Crippen LogP contribution in [0.1, 0.15) is 19.4 Å². The van der Waals surface area contributed by atoms with E-state index in [9.17, 15) is 9.90 Å². The molecule has 0 bridgehead atoms. The molecule has 0 saturated heterocycles. The van der Waals surface area contributed by atoms with Gasteiger partial charge in [-0.15, -0.1) is 0 Å². The van der Waals surface area contributed by atoms with E-state index in [0.717, 1.165) is 10.9 Å². The minimum absolute atomic E-state index is 0.257. The molecule has 2 aromatic rings. The summed E-state index contributed by atoms with van der Waals surface area (Å²) < 4.78 is 0. The second kappa shape index (κ2) is 3.21. The zero-order valence-corrected chi connectivity index (χ0v) is 8.74. The second-order valence-electron chi connectivity index (χ2n) is 3.88. The molecule has 3 nitrogen and oxygen atoms in total. The van der Waals surface area contributed by atoms with Crippen molar-refractivity contribution in [2.75, 3.05) is 0 Å². The maximum absolute atomic E-state index is 11.3. The average Bonchev–Trinajstić information content (AvgIpc) is 2.61. The zero-order valence-electron chi connectivity index (χ0n) is 8.74. The molecule has 0 spiro atoms. The molecule has 15 heavy (non-hydrogen) atoms. The van der Waals surface area contributed by atoms with E-state index in [2.05, 4.69) is 4.98 Å². The summed E-state index contributed by atoms with van der Waals surface area (Å²) in [7, 11) is 0. The highest BCUT2D eigenvalue weighted by Gasteiger charge is 2.31. The summed E-state index contributed by atoms with van der Waals surface area (Å²) in [5, 5.41) is 11.0. The topological polar surface area (TPSA) is 53.1 Å². The number of benzene rings is 1. The van der Waals surface area contributed by atoms with Crippen molar-refractivity contribution in [2.24, 2.45) is 0 Å². The summed E-state index contributed by atoms with van der Waals surface area (Å²) in [6.07, 6.45) is 1.69. The average molecular weight is 203 g/mol. The lowest BCUT2D eigenvalue weighted by molar-refractivity contribution is -0.134. The molecular formula is C12H13NO2. The van der Waals surface area contributed by atoms with Crippen molar-refractivity contribution >= 4 is 16.7 Å². The molecular weight excluding hydrogens is 190 g/mol. The molecule has 1 heterocycles. The Hall–Kier alpha value is -1.61. The minimum Gasteiger partial charge on any atom is -0.378 e. The van der Waals surface area contributed by atoms with Crippen molar-refractivity contribution in [1.82, 2.24) is 4.98 Å². The number of ketones is 1. The minimum atomic E-state index is -1.42. The van der Waals surface area contributed by atoms with Gasteiger partial charge in [0.05, 0.1) is 0 Å². The van der Waals surface area contributed by atoms with E-state index in [-0.39, 0.29) is 5.78 Å². The standard InChI is InChI=1S/C12H13NO2/c1-8(14)12(2,15)10-7-13-11-6-4-3-5-9(10)11/h3-7,13,15H,1-2H3. The van der Waals surface area contributed by atoms with Crippen LogP contribution in [0, 0.1) is 0 Å². The molecule has 0 radical (unpaired) electrons. The molecule has 0 amide bonds. The maximum Gasteiger partial charge on any atom is 0.165 e. The quantitative estimate of drug-likeness (QED) is 0.784. The third-order valence-corrected chi connectivity index (χ3v) is 2.80. The van der Waals surface area contributed by atoms with Gasteiger partial charge in [-0.2, -0.15) is 0 Å². The van der Waals surface area contributed by atoms with E-state index in [1.807, 2.05) is 24.3 Å². The van der Waals surface area contributed by atoms with E-state index in [1.165, 1.54) is 13.8 Å². The highest BCUT2D eigenvalue weighted by Crippen LogP contribution is 2.28. The van der Waals surface area contributed by atoms with Crippen molar-refractivity contribution in [3.63, 3.8) is 0 Å². The van der Waals surface area contributed by atoms with Crippen LogP contribution >= 0.6 is 0 Å². The van der Waals surface area contributed by atoms with Crippen LogP contribution in [0.4, 0.5) is 0 Å². The van der Waals surface area contributed by atoms with Gasteiger partial charge in [-0.3, -0.25) is 4.79 Å². The first-order chi connectivity index (χ1) is 7.03. The van der Waals surface area contributed by atoms with Crippen LogP contribution in [-0.2, 0) is 10.4 Å². The molecule has 2 rings (SSSR count). The highest BCUT2D eigenvalue weighted by atomic mass is 16.3. The fraction of sp³-hybridized carbons (Fsp3) is 0.250. The van der Waals surface area contributed by atoms with Gasteiger partial charge in [0, 0.05) is 22.7 Å². The second-order valence-corrected chi connectivity index (χ2v) is 3.88. The van der Waals surface area contributed by atoms with Gasteiger partial charge >= 0.3 is 0 Å². The van der Waals surface area contributed by atoms with Gasteiger partial charge in [-0.1, -0.05) is 18.2 Å². The molecule has 1 atom stereocenters. The summed E-state index contributed by atoms with van der Waals surface area (Å²) in [5.74, 6) is -0.257. The Bertz CT molecular complexity index is 511. The van der Waals surface area contributed by atoms with Gasteiger partial charge in [0.15, 0.2) is 5.78 Å². The van der Waals surface area contributed by atoms with Gasteiger partial charge < -0.3 is 10.1 Å². The maximum atomic E-state index is 11.3. The monoisotopic (exact) mass is 203 g/mol. The molecule has 0 aliphatic heterocycles. The number of hydrogen-bond acceptors (Lipinski definition) is 2. The van der Waals surface area contributed by atoms with Gasteiger partial charge in [-0.05, 0) is 19.9 Å². The van der Waals surface area contributed by atoms with E-state index in [0.29, 0.717) is 5.56 Å². The Kier molecular flexibility index (Phi) is 2.12. The molecule has 0 aliphatic carbocycles. The number of para-hydroxylation sites is 1. The predicted octanol–water partition coefficient (Wildman–Crippen LogP) is 1.96. The number of carbonyl (C=O) groups excluding carboxylic acids is 1. The summed E-state index contributed by atoms with van der Waals surface area (Å²) in [4.78, 5) is 14.4. The SMILES string of the molecule is CC(=O)C(C)(O)c1c[nH]c2ccccc12. The normalized spacial score (nSPS) is 15.1. The molecule has 1 aromatic heterocycles. The largest absolute Gasteiger partial charge is 0.378 e. The Morgan fingerprint density at radius 1 is 1.40 bits per heavy atom. The fourth-order valence-corrected chi connectivity index (χ4v) is 1.66.